The molecule has 23 rings (SSSR count). The van der Waals surface area contributed by atoms with Crippen molar-refractivity contribution in [1.29, 1.82) is 0 Å². The molecule has 19 aromatic rings. The van der Waals surface area contributed by atoms with E-state index in [1.54, 1.807) is 0 Å². The number of fused-ring (bicyclic) bond motifs is 12. The number of rotatable bonds is 12. The molecule has 2 heteroatoms. The molecule has 0 heterocycles. The minimum absolute atomic E-state index is 0.0812. The molecule has 0 unspecified atom stereocenters. The molecule has 0 amide bonds. The number of hydrogen-bond donors (Lipinski definition) is 0. The Balaban J connectivity index is 0.847. The van der Waals surface area contributed by atoms with E-state index in [0.29, 0.717) is 0 Å². The molecule has 0 spiro atoms. The number of anilines is 6. The van der Waals surface area contributed by atoms with Crippen LogP contribution in [0.3, 0.4) is 0 Å². The van der Waals surface area contributed by atoms with Crippen LogP contribution in [0.25, 0.3) is 110 Å². The van der Waals surface area contributed by atoms with Gasteiger partial charge in [0.05, 0.1) is 10.8 Å². The van der Waals surface area contributed by atoms with E-state index in [2.05, 4.69) is 465 Å². The van der Waals surface area contributed by atoms with E-state index >= 15 is 0 Å². The van der Waals surface area contributed by atoms with Gasteiger partial charge in [0.2, 0.25) is 0 Å². The number of benzene rings is 19. The fourth-order valence-electron chi connectivity index (χ4n) is 22.3. The Morgan fingerprint density at radius 3 is 0.858 bits per heavy atom. The van der Waals surface area contributed by atoms with Gasteiger partial charge in [-0.1, -0.05) is 382 Å². The van der Waals surface area contributed by atoms with E-state index in [1.807, 2.05) is 0 Å². The van der Waals surface area contributed by atoms with Gasteiger partial charge >= 0.3 is 0 Å². The van der Waals surface area contributed by atoms with Crippen molar-refractivity contribution in [2.24, 2.45) is 0 Å². The minimum atomic E-state index is -0.632. The first-order valence-corrected chi connectivity index (χ1v) is 42.5. The summed E-state index contributed by atoms with van der Waals surface area (Å²) in [5, 5.41) is 9.73. The molecular weight excluding hydrogens is 1450 g/mol. The maximum absolute atomic E-state index is 2.58. The predicted octanol–water partition coefficient (Wildman–Crippen LogP) is 31.2. The average Bonchev–Trinajstić information content (AvgIpc) is 1.54. The van der Waals surface area contributed by atoms with Crippen LogP contribution in [0.2, 0.25) is 0 Å². The molecule has 0 saturated carbocycles. The molecular formula is C118H88N2. The molecule has 0 fully saturated rings. The van der Waals surface area contributed by atoms with Gasteiger partial charge in [-0.2, -0.15) is 0 Å². The molecule has 0 atom stereocenters. The van der Waals surface area contributed by atoms with Crippen LogP contribution in [0.1, 0.15) is 121 Å². The SMILES string of the molecule is CC(C)(C)c1ccc(N(c2ccc3c(c2)C(c2ccccc2)(c2ccccc2)c2ccccc2-3)c2ccc3c(-c4ccc5c6c(cccc46)C(C)(C)c4ccccc4-5)c4cc(N(c5ccccc5)c5ccc6c(c5)C(c5ccccc5)(c5ccccc5)c5ccccc5-6)ccc4c(-c4ccc5c6c(cccc46)C(C)(C)c4ccccc4-5)c3c2)cc1. The zero-order valence-electron chi connectivity index (χ0n) is 68.6. The minimum Gasteiger partial charge on any atom is -0.310 e. The van der Waals surface area contributed by atoms with Gasteiger partial charge in [-0.05, 0) is 260 Å². The second-order valence-corrected chi connectivity index (χ2v) is 35.6. The lowest BCUT2D eigenvalue weighted by Gasteiger charge is -2.36. The van der Waals surface area contributed by atoms with Gasteiger partial charge in [-0.3, -0.25) is 0 Å². The molecule has 4 aliphatic rings. The van der Waals surface area contributed by atoms with Gasteiger partial charge in [0.15, 0.2) is 0 Å². The lowest BCUT2D eigenvalue weighted by Crippen LogP contribution is -2.28. The van der Waals surface area contributed by atoms with E-state index in [0.717, 1.165) is 55.7 Å². The highest BCUT2D eigenvalue weighted by Crippen LogP contribution is 2.62. The molecule has 0 saturated heterocycles. The quantitative estimate of drug-likeness (QED) is 0.113. The number of para-hydroxylation sites is 1. The molecule has 570 valence electrons. The third-order valence-electron chi connectivity index (χ3n) is 27.8. The van der Waals surface area contributed by atoms with Gasteiger partial charge < -0.3 is 9.80 Å². The highest BCUT2D eigenvalue weighted by Gasteiger charge is 2.49. The summed E-state index contributed by atoms with van der Waals surface area (Å²) in [5.41, 5.74) is 36.0. The van der Waals surface area contributed by atoms with E-state index in [9.17, 15) is 0 Å². The van der Waals surface area contributed by atoms with Crippen molar-refractivity contribution in [1.82, 2.24) is 0 Å². The van der Waals surface area contributed by atoms with Crippen LogP contribution in [-0.2, 0) is 27.1 Å². The van der Waals surface area contributed by atoms with E-state index in [4.69, 9.17) is 0 Å². The van der Waals surface area contributed by atoms with Crippen LogP contribution in [0.4, 0.5) is 34.1 Å². The first-order valence-electron chi connectivity index (χ1n) is 42.5. The van der Waals surface area contributed by atoms with Crippen LogP contribution in [-0.4, -0.2) is 0 Å². The monoisotopic (exact) mass is 1530 g/mol. The van der Waals surface area contributed by atoms with E-state index in [-0.39, 0.29) is 16.2 Å². The summed E-state index contributed by atoms with van der Waals surface area (Å²) in [5.74, 6) is 0. The van der Waals surface area contributed by atoms with Gasteiger partial charge in [-0.25, -0.2) is 0 Å². The maximum atomic E-state index is 2.58. The summed E-state index contributed by atoms with van der Waals surface area (Å²) in [6, 6.07) is 156. The molecule has 0 aliphatic heterocycles. The molecule has 19 aromatic carbocycles. The topological polar surface area (TPSA) is 6.48 Å². The lowest BCUT2D eigenvalue weighted by molar-refractivity contribution is 0.590. The number of hydrogen-bond acceptors (Lipinski definition) is 2. The summed E-state index contributed by atoms with van der Waals surface area (Å²) in [6.45, 7) is 16.7. The van der Waals surface area contributed by atoms with Crippen LogP contribution in [0.5, 0.6) is 0 Å². The summed E-state index contributed by atoms with van der Waals surface area (Å²) < 4.78 is 0. The second kappa shape index (κ2) is 26.7. The zero-order chi connectivity index (χ0) is 80.5. The van der Waals surface area contributed by atoms with Crippen molar-refractivity contribution in [3.63, 3.8) is 0 Å². The van der Waals surface area contributed by atoms with Gasteiger partial charge in [-0.15, -0.1) is 0 Å². The summed E-state index contributed by atoms with van der Waals surface area (Å²) in [4.78, 5) is 5.09. The molecule has 0 bridgehead atoms. The second-order valence-electron chi connectivity index (χ2n) is 35.6. The zero-order valence-corrected chi connectivity index (χ0v) is 68.6. The van der Waals surface area contributed by atoms with E-state index < -0.39 is 10.8 Å². The van der Waals surface area contributed by atoms with Crippen molar-refractivity contribution in [2.75, 3.05) is 9.80 Å². The summed E-state index contributed by atoms with van der Waals surface area (Å²) >= 11 is 0. The van der Waals surface area contributed by atoms with Crippen LogP contribution >= 0.6 is 0 Å². The van der Waals surface area contributed by atoms with Crippen LogP contribution in [0.15, 0.2) is 406 Å². The van der Waals surface area contributed by atoms with Crippen molar-refractivity contribution in [3.8, 4) is 66.8 Å². The molecule has 2 nitrogen and oxygen atoms in total. The fraction of sp³-hybridized carbons (Fsp3) is 0.102. The Morgan fingerprint density at radius 1 is 0.192 bits per heavy atom. The molecule has 0 aromatic heterocycles. The average molecular weight is 1530 g/mol. The lowest BCUT2D eigenvalue weighted by atomic mass is 9.67. The first-order chi connectivity index (χ1) is 58.7. The Kier molecular flexibility index (Phi) is 15.8. The van der Waals surface area contributed by atoms with E-state index in [1.165, 1.54) is 161 Å². The molecule has 0 N–H and O–H groups in total. The van der Waals surface area contributed by atoms with Crippen LogP contribution in [0, 0.1) is 0 Å². The molecule has 4 aliphatic carbocycles. The summed E-state index contributed by atoms with van der Waals surface area (Å²) in [6.07, 6.45) is 0. The Morgan fingerprint density at radius 2 is 0.475 bits per heavy atom. The predicted molar refractivity (Wildman–Crippen MR) is 505 cm³/mol. The van der Waals surface area contributed by atoms with Crippen molar-refractivity contribution < 1.29 is 0 Å². The van der Waals surface area contributed by atoms with Gasteiger partial charge in [0, 0.05) is 45.0 Å². The first kappa shape index (κ1) is 71.2. The van der Waals surface area contributed by atoms with Crippen molar-refractivity contribution >= 4 is 77.2 Å². The standard InChI is InChI=1S/C118H88N2/c1-114(2,3)75-55-57-81(58-56-75)120(85-60-64-91-87-44-26-30-52-105(87)118(109(91)74-85,78-37-17-10-18-38-78)79-39-19-11-20-40-79)83-62-66-99-101(72-83)111(97-70-68-95-89-46-24-28-50-103(89)116(6,7)107-54-32-48-93(97)113(95)107)98-65-61-82(71-100(98)110(99)96-69-67-94-88-45-23-27-49-102(88)115(4,5)106-53-31-47-92(96)112(94)106)119(80-41-21-12-22-42-80)84-59-63-90-86-43-25-29-51-104(86)117(108(90)73-84,76-33-13-8-14-34-76)77-35-15-9-16-36-77/h8-74H,1-7H3. The smallest absolute Gasteiger partial charge is 0.0714 e. The maximum Gasteiger partial charge on any atom is 0.0714 e. The third kappa shape index (κ3) is 10.2. The van der Waals surface area contributed by atoms with Crippen LogP contribution < -0.4 is 9.80 Å². The fourth-order valence-corrected chi connectivity index (χ4v) is 22.3. The van der Waals surface area contributed by atoms with Gasteiger partial charge in [0.1, 0.15) is 0 Å². The van der Waals surface area contributed by atoms with Crippen molar-refractivity contribution in [3.05, 3.63) is 479 Å². The molecule has 120 heavy (non-hydrogen) atoms. The largest absolute Gasteiger partial charge is 0.310 e. The third-order valence-corrected chi connectivity index (χ3v) is 27.8. The molecule has 0 radical (unpaired) electrons. The Labute approximate surface area is 703 Å². The Hall–Kier alpha value is -14.2. The normalized spacial score (nSPS) is 14.4. The summed E-state index contributed by atoms with van der Waals surface area (Å²) in [7, 11) is 0. The van der Waals surface area contributed by atoms with Gasteiger partial charge in [0.25, 0.3) is 0 Å². The highest BCUT2D eigenvalue weighted by molar-refractivity contribution is 6.28. The number of nitrogens with zero attached hydrogens (tertiary/aromatic N) is 2. The Bertz CT molecular complexity index is 7330. The van der Waals surface area contributed by atoms with Crippen molar-refractivity contribution in [2.45, 2.75) is 75.5 Å². The highest BCUT2D eigenvalue weighted by atomic mass is 15.1.